The van der Waals surface area contributed by atoms with Gasteiger partial charge in [0.2, 0.25) is 0 Å². The molecule has 2 rings (SSSR count). The second kappa shape index (κ2) is 5.40. The van der Waals surface area contributed by atoms with Gasteiger partial charge in [0.05, 0.1) is 5.69 Å². The number of halogens is 1. The third-order valence-corrected chi connectivity index (χ3v) is 4.01. The zero-order chi connectivity index (χ0) is 12.4. The molecule has 4 heteroatoms. The molecular formula is C13H22ClN3. The van der Waals surface area contributed by atoms with E-state index in [-0.39, 0.29) is 0 Å². The molecule has 96 valence electrons. The van der Waals surface area contributed by atoms with Gasteiger partial charge in [-0.15, -0.1) is 0 Å². The van der Waals surface area contributed by atoms with Crippen LogP contribution in [0.3, 0.4) is 0 Å². The van der Waals surface area contributed by atoms with Crippen LogP contribution in [0.15, 0.2) is 0 Å². The first-order valence-electron chi connectivity index (χ1n) is 6.54. The molecule has 17 heavy (non-hydrogen) atoms. The van der Waals surface area contributed by atoms with Gasteiger partial charge in [-0.2, -0.15) is 5.10 Å². The van der Waals surface area contributed by atoms with Crippen LogP contribution >= 0.6 is 11.6 Å². The molecule has 1 heterocycles. The molecule has 0 amide bonds. The Morgan fingerprint density at radius 2 is 2.24 bits per heavy atom. The van der Waals surface area contributed by atoms with Gasteiger partial charge in [0.1, 0.15) is 5.15 Å². The van der Waals surface area contributed by atoms with E-state index in [2.05, 4.69) is 17.3 Å². The van der Waals surface area contributed by atoms with Gasteiger partial charge in [0, 0.05) is 18.7 Å². The van der Waals surface area contributed by atoms with E-state index < -0.39 is 0 Å². The summed E-state index contributed by atoms with van der Waals surface area (Å²) in [6.45, 7) is 5.35. The maximum atomic E-state index is 6.29. The second-order valence-corrected chi connectivity index (χ2v) is 5.44. The van der Waals surface area contributed by atoms with Crippen LogP contribution in [-0.2, 0) is 13.5 Å². The number of hydrogen-bond donors (Lipinski definition) is 1. The third kappa shape index (κ3) is 3.02. The Kier molecular flexibility index (Phi) is 4.10. The Hall–Kier alpha value is -0.540. The Balaban J connectivity index is 2.05. The molecule has 1 aliphatic carbocycles. The van der Waals surface area contributed by atoms with Crippen LogP contribution in [0.25, 0.3) is 0 Å². The highest BCUT2D eigenvalue weighted by molar-refractivity contribution is 6.30. The number of aromatic nitrogens is 2. The molecule has 1 aromatic heterocycles. The van der Waals surface area contributed by atoms with Crippen molar-refractivity contribution in [2.45, 2.75) is 45.6 Å². The molecule has 0 bridgehead atoms. The van der Waals surface area contributed by atoms with Gasteiger partial charge >= 0.3 is 0 Å². The molecular weight excluding hydrogens is 234 g/mol. The standard InChI is InChI=1S/C13H22ClN3/c1-4-7-15-12(10-5-6-10)8-11-9(2)16-17(3)13(11)14/h10,12,15H,4-8H2,1-3H3. The zero-order valence-electron chi connectivity index (χ0n) is 11.0. The van der Waals surface area contributed by atoms with Crippen LogP contribution in [-0.4, -0.2) is 22.4 Å². The average Bonchev–Trinajstić information content (AvgIpc) is 3.09. The number of nitrogens with one attached hydrogen (secondary N) is 1. The first kappa shape index (κ1) is 12.9. The lowest BCUT2D eigenvalue weighted by molar-refractivity contribution is 0.459. The van der Waals surface area contributed by atoms with Gasteiger partial charge in [-0.3, -0.25) is 4.68 Å². The van der Waals surface area contributed by atoms with E-state index in [1.165, 1.54) is 24.8 Å². The summed E-state index contributed by atoms with van der Waals surface area (Å²) in [6.07, 6.45) is 4.92. The van der Waals surface area contributed by atoms with Crippen molar-refractivity contribution in [3.63, 3.8) is 0 Å². The van der Waals surface area contributed by atoms with Gasteiger partial charge in [-0.05, 0) is 45.1 Å². The molecule has 1 atom stereocenters. The van der Waals surface area contributed by atoms with Gasteiger partial charge < -0.3 is 5.32 Å². The molecule has 0 aliphatic heterocycles. The van der Waals surface area contributed by atoms with Crippen molar-refractivity contribution in [3.8, 4) is 0 Å². The minimum absolute atomic E-state index is 0.579. The van der Waals surface area contributed by atoms with E-state index in [1.807, 2.05) is 14.0 Å². The summed E-state index contributed by atoms with van der Waals surface area (Å²) in [6, 6.07) is 0.579. The number of aryl methyl sites for hydroxylation is 2. The molecule has 3 nitrogen and oxygen atoms in total. The summed E-state index contributed by atoms with van der Waals surface area (Å²) in [5, 5.41) is 8.83. The fraction of sp³-hybridized carbons (Fsp3) is 0.769. The number of hydrogen-bond acceptors (Lipinski definition) is 2. The highest BCUT2D eigenvalue weighted by atomic mass is 35.5. The SMILES string of the molecule is CCCNC(Cc1c(C)nn(C)c1Cl)C1CC1. The highest BCUT2D eigenvalue weighted by Crippen LogP contribution is 2.35. The van der Waals surface area contributed by atoms with Crippen molar-refractivity contribution in [2.24, 2.45) is 13.0 Å². The Morgan fingerprint density at radius 3 is 2.71 bits per heavy atom. The van der Waals surface area contributed by atoms with E-state index in [9.17, 15) is 0 Å². The quantitative estimate of drug-likeness (QED) is 0.847. The Morgan fingerprint density at radius 1 is 1.53 bits per heavy atom. The van der Waals surface area contributed by atoms with Gasteiger partial charge in [0.25, 0.3) is 0 Å². The van der Waals surface area contributed by atoms with Crippen LogP contribution in [0.2, 0.25) is 5.15 Å². The molecule has 1 fully saturated rings. The summed E-state index contributed by atoms with van der Waals surface area (Å²) >= 11 is 6.29. The molecule has 1 unspecified atom stereocenters. The molecule has 1 aliphatic rings. The summed E-state index contributed by atoms with van der Waals surface area (Å²) in [5.74, 6) is 0.845. The maximum Gasteiger partial charge on any atom is 0.130 e. The third-order valence-electron chi connectivity index (χ3n) is 3.54. The maximum absolute atomic E-state index is 6.29. The van der Waals surface area contributed by atoms with Crippen molar-refractivity contribution in [1.82, 2.24) is 15.1 Å². The van der Waals surface area contributed by atoms with Crippen molar-refractivity contribution in [1.29, 1.82) is 0 Å². The van der Waals surface area contributed by atoms with Crippen molar-refractivity contribution in [3.05, 3.63) is 16.4 Å². The smallest absolute Gasteiger partial charge is 0.130 e. The van der Waals surface area contributed by atoms with Crippen molar-refractivity contribution >= 4 is 11.6 Å². The van der Waals surface area contributed by atoms with E-state index in [4.69, 9.17) is 11.6 Å². The first-order valence-corrected chi connectivity index (χ1v) is 6.92. The summed E-state index contributed by atoms with van der Waals surface area (Å²) in [7, 11) is 1.91. The van der Waals surface area contributed by atoms with E-state index in [0.717, 1.165) is 29.7 Å². The first-order chi connectivity index (χ1) is 8.13. The lowest BCUT2D eigenvalue weighted by Gasteiger charge is -2.17. The molecule has 1 N–H and O–H groups in total. The highest BCUT2D eigenvalue weighted by Gasteiger charge is 2.32. The monoisotopic (exact) mass is 255 g/mol. The van der Waals surface area contributed by atoms with Gasteiger partial charge in [-0.1, -0.05) is 18.5 Å². The second-order valence-electron chi connectivity index (χ2n) is 5.08. The molecule has 1 saturated carbocycles. The lowest BCUT2D eigenvalue weighted by Crippen LogP contribution is -2.33. The number of rotatable bonds is 6. The summed E-state index contributed by atoms with van der Waals surface area (Å²) < 4.78 is 1.77. The predicted octanol–water partition coefficient (Wildman–Crippen LogP) is 2.70. The van der Waals surface area contributed by atoms with Gasteiger partial charge in [-0.25, -0.2) is 0 Å². The van der Waals surface area contributed by atoms with E-state index in [1.54, 1.807) is 4.68 Å². The zero-order valence-corrected chi connectivity index (χ0v) is 11.7. The molecule has 1 aromatic rings. The fourth-order valence-corrected chi connectivity index (χ4v) is 2.61. The average molecular weight is 256 g/mol. The van der Waals surface area contributed by atoms with Crippen LogP contribution in [0.1, 0.15) is 37.4 Å². The van der Waals surface area contributed by atoms with E-state index in [0.29, 0.717) is 6.04 Å². The van der Waals surface area contributed by atoms with Crippen molar-refractivity contribution in [2.75, 3.05) is 6.54 Å². The normalized spacial score (nSPS) is 17.4. The Bertz CT molecular complexity index is 382. The minimum atomic E-state index is 0.579. The van der Waals surface area contributed by atoms with Crippen molar-refractivity contribution < 1.29 is 0 Å². The molecule has 0 aromatic carbocycles. The minimum Gasteiger partial charge on any atom is -0.313 e. The fourth-order valence-electron chi connectivity index (χ4n) is 2.36. The lowest BCUT2D eigenvalue weighted by atomic mass is 10.0. The summed E-state index contributed by atoms with van der Waals surface area (Å²) in [5.41, 5.74) is 2.29. The Labute approximate surface area is 109 Å². The topological polar surface area (TPSA) is 29.9 Å². The van der Waals surface area contributed by atoms with Crippen LogP contribution in [0.4, 0.5) is 0 Å². The van der Waals surface area contributed by atoms with Crippen LogP contribution in [0.5, 0.6) is 0 Å². The van der Waals surface area contributed by atoms with Crippen LogP contribution < -0.4 is 5.32 Å². The summed E-state index contributed by atoms with van der Waals surface area (Å²) in [4.78, 5) is 0. The molecule has 0 radical (unpaired) electrons. The predicted molar refractivity (Wildman–Crippen MR) is 71.5 cm³/mol. The van der Waals surface area contributed by atoms with Crippen LogP contribution in [0, 0.1) is 12.8 Å². The number of nitrogens with zero attached hydrogens (tertiary/aromatic N) is 2. The molecule has 0 saturated heterocycles. The molecule has 0 spiro atoms. The van der Waals surface area contributed by atoms with E-state index >= 15 is 0 Å². The van der Waals surface area contributed by atoms with Gasteiger partial charge in [0.15, 0.2) is 0 Å². The largest absolute Gasteiger partial charge is 0.313 e.